The first-order valence-electron chi connectivity index (χ1n) is 13.9. The van der Waals surface area contributed by atoms with E-state index in [2.05, 4.69) is 10.3 Å². The van der Waals surface area contributed by atoms with Gasteiger partial charge >= 0.3 is 6.09 Å². The molecule has 2 atom stereocenters. The lowest BCUT2D eigenvalue weighted by Crippen LogP contribution is -2.51. The summed E-state index contributed by atoms with van der Waals surface area (Å²) >= 11 is 0. The first kappa shape index (κ1) is 31.0. The maximum atomic E-state index is 13.5. The number of nitrogens with one attached hydrogen (secondary N) is 1. The average molecular weight is 598 g/mol. The molecule has 1 fully saturated rings. The van der Waals surface area contributed by atoms with Crippen LogP contribution in [-0.4, -0.2) is 54.6 Å². The van der Waals surface area contributed by atoms with Gasteiger partial charge in [0.15, 0.2) is 5.96 Å². The predicted molar refractivity (Wildman–Crippen MR) is 160 cm³/mol. The van der Waals surface area contributed by atoms with Gasteiger partial charge in [-0.1, -0.05) is 30.3 Å². The lowest BCUT2D eigenvalue weighted by molar-refractivity contribution is -0.130. The average Bonchev–Trinajstić information content (AvgIpc) is 3.71. The van der Waals surface area contributed by atoms with Crippen LogP contribution in [0, 0.1) is 5.92 Å². The molecule has 1 aliphatic heterocycles. The smallest absolute Gasteiger partial charge is 0.428 e. The van der Waals surface area contributed by atoms with Gasteiger partial charge in [-0.3, -0.25) is 14.5 Å². The molecule has 42 heavy (non-hydrogen) atoms. The predicted octanol–water partition coefficient (Wildman–Crippen LogP) is 4.09. The molecule has 2 aromatic carbocycles. The third kappa shape index (κ3) is 7.28. The SMILES string of the molecule is CC(NC(=O)c1cc(CN2C(=O)CC(C)(C3CC3)N=C2N)cc(N(C(=O)OC(C)(C)C)S(C)(=O)=O)c1)c1ccccc1. The number of amides is 3. The summed E-state index contributed by atoms with van der Waals surface area (Å²) in [7, 11) is -4.19. The molecule has 2 unspecified atom stereocenters. The summed E-state index contributed by atoms with van der Waals surface area (Å²) in [4.78, 5) is 45.8. The standard InChI is InChI=1S/C30H39N5O6S/c1-19(21-10-8-7-9-11-21)32-26(37)22-14-20(18-34-25(36)17-30(5,23-12-13-23)33-27(34)31)15-24(16-22)35(42(6,39)40)28(38)41-29(2,3)4/h7-11,14-16,19,23H,12-13,17-18H2,1-6H3,(H2,31,33)(H,32,37). The minimum atomic E-state index is -4.19. The highest BCUT2D eigenvalue weighted by Gasteiger charge is 2.46. The Labute approximate surface area is 247 Å². The fraction of sp³-hybridized carbons (Fsp3) is 0.467. The highest BCUT2D eigenvalue weighted by Crippen LogP contribution is 2.45. The first-order valence-corrected chi connectivity index (χ1v) is 15.7. The van der Waals surface area contributed by atoms with E-state index in [4.69, 9.17) is 10.5 Å². The Morgan fingerprint density at radius 3 is 2.38 bits per heavy atom. The van der Waals surface area contributed by atoms with Gasteiger partial charge in [0.25, 0.3) is 5.91 Å². The Kier molecular flexibility index (Phi) is 8.41. The van der Waals surface area contributed by atoms with Gasteiger partial charge in [0.05, 0.1) is 36.5 Å². The van der Waals surface area contributed by atoms with Gasteiger partial charge in [-0.15, -0.1) is 0 Å². The Morgan fingerprint density at radius 2 is 1.83 bits per heavy atom. The van der Waals surface area contributed by atoms with Crippen LogP contribution in [0.25, 0.3) is 0 Å². The summed E-state index contributed by atoms with van der Waals surface area (Å²) in [6, 6.07) is 13.2. The highest BCUT2D eigenvalue weighted by molar-refractivity contribution is 7.92. The Hall–Kier alpha value is -3.93. The van der Waals surface area contributed by atoms with Crippen molar-refractivity contribution in [2.24, 2.45) is 16.6 Å². The summed E-state index contributed by atoms with van der Waals surface area (Å²) in [5.74, 6) is -0.357. The topological polar surface area (TPSA) is 151 Å². The number of carbonyl (C=O) groups excluding carboxylic acids is 3. The zero-order chi connectivity index (χ0) is 31.0. The summed E-state index contributed by atoms with van der Waals surface area (Å²) in [6.45, 7) is 8.51. The number of nitrogens with two attached hydrogens (primary N) is 1. The van der Waals surface area contributed by atoms with Gasteiger partial charge < -0.3 is 15.8 Å². The lowest BCUT2D eigenvalue weighted by atomic mass is 9.90. The van der Waals surface area contributed by atoms with E-state index in [9.17, 15) is 22.8 Å². The van der Waals surface area contributed by atoms with Gasteiger partial charge in [-0.05, 0) is 82.7 Å². The van der Waals surface area contributed by atoms with E-state index in [-0.39, 0.29) is 42.1 Å². The molecule has 3 amide bonds. The van der Waals surface area contributed by atoms with E-state index in [1.807, 2.05) is 44.2 Å². The fourth-order valence-corrected chi connectivity index (χ4v) is 5.83. The number of nitrogens with zero attached hydrogens (tertiary/aromatic N) is 3. The molecular weight excluding hydrogens is 558 g/mol. The van der Waals surface area contributed by atoms with Gasteiger partial charge in [0.1, 0.15) is 5.60 Å². The number of aliphatic imine (C=N–C) groups is 1. The lowest BCUT2D eigenvalue weighted by Gasteiger charge is -2.35. The van der Waals surface area contributed by atoms with Crippen molar-refractivity contribution in [3.05, 3.63) is 65.2 Å². The molecule has 0 aromatic heterocycles. The third-order valence-electron chi connectivity index (χ3n) is 7.27. The minimum absolute atomic E-state index is 0.0573. The highest BCUT2D eigenvalue weighted by atomic mass is 32.2. The molecule has 0 spiro atoms. The van der Waals surface area contributed by atoms with Crippen molar-refractivity contribution >= 4 is 39.6 Å². The molecule has 226 valence electrons. The van der Waals surface area contributed by atoms with E-state index in [1.54, 1.807) is 26.8 Å². The molecule has 12 heteroatoms. The van der Waals surface area contributed by atoms with Crippen molar-refractivity contribution in [1.29, 1.82) is 0 Å². The number of anilines is 1. The van der Waals surface area contributed by atoms with Gasteiger partial charge in [0, 0.05) is 5.56 Å². The van der Waals surface area contributed by atoms with Crippen LogP contribution >= 0.6 is 0 Å². The first-order chi connectivity index (χ1) is 19.5. The van der Waals surface area contributed by atoms with Crippen molar-refractivity contribution in [3.8, 4) is 0 Å². The van der Waals surface area contributed by atoms with Crippen LogP contribution in [0.2, 0.25) is 0 Å². The summed E-state index contributed by atoms with van der Waals surface area (Å²) in [5, 5.41) is 2.91. The van der Waals surface area contributed by atoms with Crippen LogP contribution in [0.4, 0.5) is 10.5 Å². The number of carbonyl (C=O) groups is 3. The number of rotatable bonds is 8. The minimum Gasteiger partial charge on any atom is -0.443 e. The molecule has 3 N–H and O–H groups in total. The van der Waals surface area contributed by atoms with Crippen LogP contribution in [0.5, 0.6) is 0 Å². The Balaban J connectivity index is 1.74. The summed E-state index contributed by atoms with van der Waals surface area (Å²) in [6.07, 6.45) is 1.93. The van der Waals surface area contributed by atoms with Gasteiger partial charge in [0.2, 0.25) is 15.9 Å². The fourth-order valence-electron chi connectivity index (χ4n) is 5.04. The molecule has 11 nitrogen and oxygen atoms in total. The van der Waals surface area contributed by atoms with Crippen molar-refractivity contribution in [3.63, 3.8) is 0 Å². The molecule has 0 saturated heterocycles. The molecule has 1 heterocycles. The number of sulfonamides is 1. The number of hydrogen-bond acceptors (Lipinski definition) is 8. The number of benzene rings is 2. The van der Waals surface area contributed by atoms with Crippen LogP contribution in [0.1, 0.15) is 81.4 Å². The van der Waals surface area contributed by atoms with Crippen LogP contribution in [-0.2, 0) is 26.1 Å². The molecular formula is C30H39N5O6S. The van der Waals surface area contributed by atoms with E-state index in [0.717, 1.165) is 24.7 Å². The van der Waals surface area contributed by atoms with E-state index in [1.165, 1.54) is 17.0 Å². The normalized spacial score (nSPS) is 20.0. The van der Waals surface area contributed by atoms with E-state index >= 15 is 0 Å². The molecule has 1 saturated carbocycles. The second-order valence-electron chi connectivity index (χ2n) is 12.3. The Bertz CT molecular complexity index is 1510. The maximum Gasteiger partial charge on any atom is 0.428 e. The third-order valence-corrected chi connectivity index (χ3v) is 8.29. The number of ether oxygens (including phenoxy) is 1. The maximum absolute atomic E-state index is 13.5. The zero-order valence-electron chi connectivity index (χ0n) is 24.9. The monoisotopic (exact) mass is 597 g/mol. The zero-order valence-corrected chi connectivity index (χ0v) is 25.7. The Morgan fingerprint density at radius 1 is 1.19 bits per heavy atom. The second-order valence-corrected chi connectivity index (χ2v) is 14.1. The molecule has 0 radical (unpaired) electrons. The van der Waals surface area contributed by atoms with Crippen LogP contribution < -0.4 is 15.4 Å². The summed E-state index contributed by atoms with van der Waals surface area (Å²) in [5.41, 5.74) is 5.96. The van der Waals surface area contributed by atoms with Crippen molar-refractivity contribution in [1.82, 2.24) is 10.2 Å². The van der Waals surface area contributed by atoms with Crippen molar-refractivity contribution in [2.45, 2.75) is 77.6 Å². The number of guanidine groups is 1. The van der Waals surface area contributed by atoms with Crippen LogP contribution in [0.3, 0.4) is 0 Å². The van der Waals surface area contributed by atoms with E-state index in [0.29, 0.717) is 15.8 Å². The van der Waals surface area contributed by atoms with E-state index < -0.39 is 33.2 Å². The largest absolute Gasteiger partial charge is 0.443 e. The van der Waals surface area contributed by atoms with Gasteiger partial charge in [-0.25, -0.2) is 18.2 Å². The molecule has 1 aliphatic carbocycles. The molecule has 2 aliphatic rings. The molecule has 2 aromatic rings. The summed E-state index contributed by atoms with van der Waals surface area (Å²) < 4.78 is 31.6. The van der Waals surface area contributed by atoms with Crippen LogP contribution in [0.15, 0.2) is 53.5 Å². The molecule has 4 rings (SSSR count). The van der Waals surface area contributed by atoms with Crippen molar-refractivity contribution < 1.29 is 27.5 Å². The number of hydrogen-bond donors (Lipinski definition) is 2. The quantitative estimate of drug-likeness (QED) is 0.465. The van der Waals surface area contributed by atoms with Crippen molar-refractivity contribution in [2.75, 3.05) is 10.6 Å². The molecule has 0 bridgehead atoms. The second kappa shape index (κ2) is 11.4. The van der Waals surface area contributed by atoms with Gasteiger partial charge in [-0.2, -0.15) is 4.31 Å².